The van der Waals surface area contributed by atoms with Gasteiger partial charge in [-0.1, -0.05) is 0 Å². The van der Waals surface area contributed by atoms with Crippen molar-refractivity contribution >= 4 is 16.6 Å². The molecule has 10 heteroatoms. The predicted molar refractivity (Wildman–Crippen MR) is 137 cm³/mol. The van der Waals surface area contributed by atoms with Crippen LogP contribution in [0.5, 0.6) is 5.75 Å². The van der Waals surface area contributed by atoms with Crippen molar-refractivity contribution in [2.24, 2.45) is 5.41 Å². The molecule has 0 radical (unpaired) electrons. The number of halogens is 4. The van der Waals surface area contributed by atoms with E-state index in [0.717, 1.165) is 0 Å². The average Bonchev–Trinajstić information content (AvgIpc) is 2.92. The number of alkyl halides is 1. The van der Waals surface area contributed by atoms with Crippen LogP contribution in [0.4, 0.5) is 23.2 Å². The zero-order valence-corrected chi connectivity index (χ0v) is 21.3. The standard InChI is InChI=1S/C28H33F4N3O3/c1-38-20-2-3-24-21(14-20)26(18(15-29)16-34-24)25(37)4-5-28(17-36)6-9-35(10-7-28)11-8-33-27-22(31)12-19(30)13-23(27)32/h2-3,12-14,16,25,33,36-37H,4-11,15,17H2,1H3/t25-/m1/s1. The summed E-state index contributed by atoms with van der Waals surface area (Å²) in [4.78, 5) is 6.43. The van der Waals surface area contributed by atoms with Crippen LogP contribution in [0.3, 0.4) is 0 Å². The second-order valence-corrected chi connectivity index (χ2v) is 9.94. The molecule has 2 aromatic carbocycles. The van der Waals surface area contributed by atoms with Crippen LogP contribution in [-0.2, 0) is 6.67 Å². The second-order valence-electron chi connectivity index (χ2n) is 9.94. The van der Waals surface area contributed by atoms with Gasteiger partial charge in [0.25, 0.3) is 0 Å². The number of ether oxygens (including phenoxy) is 1. The quantitative estimate of drug-likeness (QED) is 0.296. The Hall–Kier alpha value is -2.95. The normalized spacial score (nSPS) is 16.5. The van der Waals surface area contributed by atoms with Crippen LogP contribution >= 0.6 is 0 Å². The predicted octanol–water partition coefficient (Wildman–Crippen LogP) is 5.13. The number of piperidine rings is 1. The highest BCUT2D eigenvalue weighted by atomic mass is 19.1. The minimum atomic E-state index is -0.977. The maximum absolute atomic E-state index is 13.8. The zero-order chi connectivity index (χ0) is 27.3. The van der Waals surface area contributed by atoms with E-state index in [0.29, 0.717) is 85.2 Å². The second kappa shape index (κ2) is 12.3. The van der Waals surface area contributed by atoms with E-state index in [2.05, 4.69) is 15.2 Å². The molecule has 0 bridgehead atoms. The Kier molecular flexibility index (Phi) is 9.07. The summed E-state index contributed by atoms with van der Waals surface area (Å²) < 4.78 is 59.9. The molecular formula is C28H33F4N3O3. The summed E-state index contributed by atoms with van der Waals surface area (Å²) in [5, 5.41) is 24.7. The van der Waals surface area contributed by atoms with E-state index in [1.54, 1.807) is 18.2 Å². The van der Waals surface area contributed by atoms with Gasteiger partial charge in [0.05, 0.1) is 18.7 Å². The number of rotatable bonds is 11. The van der Waals surface area contributed by atoms with E-state index in [-0.39, 0.29) is 18.8 Å². The first kappa shape index (κ1) is 28.1. The number of methoxy groups -OCH3 is 1. The monoisotopic (exact) mass is 535 g/mol. The Morgan fingerprint density at radius 3 is 2.47 bits per heavy atom. The third-order valence-electron chi connectivity index (χ3n) is 7.61. The molecule has 0 saturated carbocycles. The summed E-state index contributed by atoms with van der Waals surface area (Å²) >= 11 is 0. The average molecular weight is 536 g/mol. The summed E-state index contributed by atoms with van der Waals surface area (Å²) in [5.74, 6) is -2.34. The summed E-state index contributed by atoms with van der Waals surface area (Å²) in [7, 11) is 1.54. The van der Waals surface area contributed by atoms with Crippen molar-refractivity contribution in [2.75, 3.05) is 45.2 Å². The number of aromatic nitrogens is 1. The minimum absolute atomic E-state index is 0.0430. The molecule has 1 aliphatic heterocycles. The first-order valence-electron chi connectivity index (χ1n) is 12.7. The van der Waals surface area contributed by atoms with Crippen molar-refractivity contribution in [3.8, 4) is 5.75 Å². The lowest BCUT2D eigenvalue weighted by Gasteiger charge is -2.41. The molecule has 0 unspecified atom stereocenters. The molecule has 1 atom stereocenters. The van der Waals surface area contributed by atoms with E-state index in [1.165, 1.54) is 13.3 Å². The number of hydrogen-bond acceptors (Lipinski definition) is 6. The molecule has 0 spiro atoms. The lowest BCUT2D eigenvalue weighted by atomic mass is 9.74. The highest BCUT2D eigenvalue weighted by Crippen LogP contribution is 2.40. The molecule has 4 rings (SSSR count). The maximum atomic E-state index is 13.8. The Labute approximate surface area is 219 Å². The van der Waals surface area contributed by atoms with Crippen LogP contribution in [-0.4, -0.2) is 60.0 Å². The van der Waals surface area contributed by atoms with Gasteiger partial charge in [-0.2, -0.15) is 0 Å². The number of aliphatic hydroxyl groups is 2. The van der Waals surface area contributed by atoms with Crippen molar-refractivity contribution in [3.63, 3.8) is 0 Å². The van der Waals surface area contributed by atoms with E-state index in [4.69, 9.17) is 4.74 Å². The third-order valence-corrected chi connectivity index (χ3v) is 7.61. The van der Waals surface area contributed by atoms with Crippen LogP contribution in [0.2, 0.25) is 0 Å². The fourth-order valence-electron chi connectivity index (χ4n) is 5.24. The molecule has 0 amide bonds. The van der Waals surface area contributed by atoms with Crippen molar-refractivity contribution in [3.05, 3.63) is 65.1 Å². The number of nitrogens with one attached hydrogen (secondary N) is 1. The summed E-state index contributed by atoms with van der Waals surface area (Å²) in [6, 6.07) is 6.55. The highest BCUT2D eigenvalue weighted by molar-refractivity contribution is 5.85. The molecule has 38 heavy (non-hydrogen) atoms. The van der Waals surface area contributed by atoms with Gasteiger partial charge in [0, 0.05) is 49.0 Å². The number of pyridine rings is 1. The number of anilines is 1. The van der Waals surface area contributed by atoms with Crippen LogP contribution < -0.4 is 10.1 Å². The fraction of sp³-hybridized carbons (Fsp3) is 0.464. The maximum Gasteiger partial charge on any atom is 0.152 e. The molecular weight excluding hydrogens is 502 g/mol. The molecule has 1 aliphatic rings. The van der Waals surface area contributed by atoms with Gasteiger partial charge < -0.3 is 25.2 Å². The van der Waals surface area contributed by atoms with Gasteiger partial charge in [-0.3, -0.25) is 4.98 Å². The van der Waals surface area contributed by atoms with Gasteiger partial charge in [0.1, 0.15) is 23.9 Å². The fourth-order valence-corrected chi connectivity index (χ4v) is 5.24. The number of aliphatic hydroxyl groups excluding tert-OH is 2. The smallest absolute Gasteiger partial charge is 0.152 e. The van der Waals surface area contributed by atoms with Crippen molar-refractivity contribution in [1.29, 1.82) is 0 Å². The van der Waals surface area contributed by atoms with E-state index in [9.17, 15) is 27.8 Å². The van der Waals surface area contributed by atoms with Crippen LogP contribution in [0, 0.1) is 22.9 Å². The zero-order valence-electron chi connectivity index (χ0n) is 21.3. The largest absolute Gasteiger partial charge is 0.497 e. The topological polar surface area (TPSA) is 77.8 Å². The van der Waals surface area contributed by atoms with Crippen molar-refractivity contribution in [1.82, 2.24) is 9.88 Å². The molecule has 3 aromatic rings. The van der Waals surface area contributed by atoms with Gasteiger partial charge in [0.2, 0.25) is 0 Å². The Morgan fingerprint density at radius 1 is 1.13 bits per heavy atom. The number of hydrogen-bond donors (Lipinski definition) is 3. The molecule has 0 aliphatic carbocycles. The molecule has 3 N–H and O–H groups in total. The van der Waals surface area contributed by atoms with Crippen molar-refractivity contribution in [2.45, 2.75) is 38.5 Å². The number of nitrogens with zero attached hydrogens (tertiary/aromatic N) is 2. The van der Waals surface area contributed by atoms with E-state index in [1.807, 2.05) is 0 Å². The summed E-state index contributed by atoms with van der Waals surface area (Å²) in [6.45, 7) is 1.32. The van der Waals surface area contributed by atoms with Crippen LogP contribution in [0.15, 0.2) is 36.5 Å². The number of fused-ring (bicyclic) bond motifs is 1. The van der Waals surface area contributed by atoms with Crippen LogP contribution in [0.1, 0.15) is 42.9 Å². The van der Waals surface area contributed by atoms with Gasteiger partial charge in [-0.25, -0.2) is 17.6 Å². The molecule has 1 saturated heterocycles. The van der Waals surface area contributed by atoms with E-state index >= 15 is 0 Å². The summed E-state index contributed by atoms with van der Waals surface area (Å²) in [5.41, 5.74) is 0.712. The lowest BCUT2D eigenvalue weighted by Crippen LogP contribution is -2.43. The first-order valence-corrected chi connectivity index (χ1v) is 12.7. The van der Waals surface area contributed by atoms with E-state index < -0.39 is 35.6 Å². The Bertz CT molecular complexity index is 1220. The molecule has 6 nitrogen and oxygen atoms in total. The van der Waals surface area contributed by atoms with Crippen molar-refractivity contribution < 1.29 is 32.5 Å². The molecule has 1 fully saturated rings. The molecule has 1 aromatic heterocycles. The van der Waals surface area contributed by atoms with Gasteiger partial charge in [0.15, 0.2) is 11.6 Å². The Morgan fingerprint density at radius 2 is 1.84 bits per heavy atom. The van der Waals surface area contributed by atoms with Gasteiger partial charge >= 0.3 is 0 Å². The SMILES string of the molecule is COc1ccc2ncc(CF)c([C@H](O)CCC3(CO)CCN(CCNc4c(F)cc(F)cc4F)CC3)c2c1. The van der Waals surface area contributed by atoms with Crippen LogP contribution in [0.25, 0.3) is 10.9 Å². The van der Waals surface area contributed by atoms with Gasteiger partial charge in [-0.05, 0) is 68.0 Å². The number of benzene rings is 2. The minimum Gasteiger partial charge on any atom is -0.497 e. The summed E-state index contributed by atoms with van der Waals surface area (Å²) in [6.07, 6.45) is 2.75. The first-order chi connectivity index (χ1) is 18.3. The third kappa shape index (κ3) is 6.19. The van der Waals surface area contributed by atoms with Gasteiger partial charge in [-0.15, -0.1) is 0 Å². The molecule has 206 valence electrons. The highest BCUT2D eigenvalue weighted by Gasteiger charge is 2.34. The number of likely N-dealkylation sites (tertiary alicyclic amines) is 1. The lowest BCUT2D eigenvalue weighted by molar-refractivity contribution is 0.0246. The Balaban J connectivity index is 1.35. The molecule has 2 heterocycles.